The Labute approximate surface area is 169 Å². The normalized spacial score (nSPS) is 11.4. The number of nitrogens with zero attached hydrogens (tertiary/aromatic N) is 3. The fraction of sp³-hybridized carbons (Fsp3) is 0.565. The minimum absolute atomic E-state index is 0.177. The second-order valence-electron chi connectivity index (χ2n) is 7.45. The highest BCUT2D eigenvalue weighted by Gasteiger charge is 2.08. The molecule has 0 aliphatic rings. The quantitative estimate of drug-likeness (QED) is 0.359. The van der Waals surface area contributed by atoms with Gasteiger partial charge in [-0.1, -0.05) is 51.9 Å². The van der Waals surface area contributed by atoms with E-state index in [-0.39, 0.29) is 5.75 Å². The largest absolute Gasteiger partial charge is 0.507 e. The Morgan fingerprint density at radius 2 is 1.75 bits per heavy atom. The first-order chi connectivity index (χ1) is 13.5. The van der Waals surface area contributed by atoms with Gasteiger partial charge < -0.3 is 9.84 Å². The van der Waals surface area contributed by atoms with E-state index in [4.69, 9.17) is 4.74 Å². The Kier molecular flexibility index (Phi) is 9.05. The van der Waals surface area contributed by atoms with E-state index >= 15 is 0 Å². The highest BCUT2D eigenvalue weighted by Crippen LogP contribution is 2.25. The number of aromatic hydroxyl groups is 1. The summed E-state index contributed by atoms with van der Waals surface area (Å²) in [5.74, 6) is 0.878. The Hall–Kier alpha value is -2.30. The van der Waals surface area contributed by atoms with Crippen molar-refractivity contribution < 1.29 is 9.84 Å². The molecule has 0 radical (unpaired) electrons. The molecular weight excluding hydrogens is 350 g/mol. The van der Waals surface area contributed by atoms with E-state index in [9.17, 15) is 5.11 Å². The zero-order chi connectivity index (χ0) is 20.4. The molecule has 1 N–H and O–H groups in total. The molecule has 0 aliphatic heterocycles. The monoisotopic (exact) mass is 385 g/mol. The summed E-state index contributed by atoms with van der Waals surface area (Å²) in [5.41, 5.74) is 3.39. The van der Waals surface area contributed by atoms with E-state index in [0.717, 1.165) is 23.5 Å². The van der Waals surface area contributed by atoms with Crippen LogP contribution in [0.5, 0.6) is 11.5 Å². The van der Waals surface area contributed by atoms with Crippen LogP contribution in [0.2, 0.25) is 0 Å². The molecule has 1 heterocycles. The van der Waals surface area contributed by atoms with Crippen molar-refractivity contribution >= 4 is 11.9 Å². The van der Waals surface area contributed by atoms with Crippen molar-refractivity contribution in [2.24, 2.45) is 12.0 Å². The molecule has 0 aliphatic carbocycles. The number of unbranched alkanes of at least 4 members (excludes halogenated alkanes) is 7. The highest BCUT2D eigenvalue weighted by molar-refractivity contribution is 5.86. The first-order valence-corrected chi connectivity index (χ1v) is 10.5. The standard InChI is InChI=1S/C23H35N3O2/c1-5-6-7-8-9-10-11-12-15-28-21-14-13-20(22(27)16-21)17-24-23-18(2)25-26(4)19(23)3/h13-14,16-17,27H,5-12,15H2,1-4H3. The average Bonchev–Trinajstić information content (AvgIpc) is 2.91. The molecule has 154 valence electrons. The van der Waals surface area contributed by atoms with E-state index in [2.05, 4.69) is 17.0 Å². The number of aryl methyl sites for hydroxylation is 2. The van der Waals surface area contributed by atoms with Gasteiger partial charge in [0.2, 0.25) is 0 Å². The van der Waals surface area contributed by atoms with Crippen LogP contribution < -0.4 is 4.74 Å². The lowest BCUT2D eigenvalue weighted by atomic mass is 10.1. The molecule has 2 rings (SSSR count). The minimum Gasteiger partial charge on any atom is -0.507 e. The van der Waals surface area contributed by atoms with Crippen LogP contribution in [-0.4, -0.2) is 27.7 Å². The third-order valence-electron chi connectivity index (χ3n) is 5.07. The smallest absolute Gasteiger partial charge is 0.128 e. The SMILES string of the molecule is CCCCCCCCCCOc1ccc(C=Nc2c(C)nn(C)c2C)c(O)c1. The molecule has 1 aromatic heterocycles. The molecule has 5 nitrogen and oxygen atoms in total. The highest BCUT2D eigenvalue weighted by atomic mass is 16.5. The number of phenolic OH excluding ortho intramolecular Hbond substituents is 1. The molecular formula is C23H35N3O2. The molecule has 28 heavy (non-hydrogen) atoms. The zero-order valence-corrected chi connectivity index (χ0v) is 17.9. The summed E-state index contributed by atoms with van der Waals surface area (Å²) in [6.45, 7) is 6.85. The van der Waals surface area contributed by atoms with Crippen molar-refractivity contribution in [2.45, 2.75) is 72.1 Å². The minimum atomic E-state index is 0.177. The number of aliphatic imine (C=N–C) groups is 1. The molecule has 2 aromatic rings. The Balaban J connectivity index is 1.77. The van der Waals surface area contributed by atoms with Crippen molar-refractivity contribution in [3.63, 3.8) is 0 Å². The van der Waals surface area contributed by atoms with Gasteiger partial charge in [0.05, 0.1) is 18.0 Å². The lowest BCUT2D eigenvalue weighted by molar-refractivity contribution is 0.302. The molecule has 0 atom stereocenters. The third kappa shape index (κ3) is 6.70. The summed E-state index contributed by atoms with van der Waals surface area (Å²) < 4.78 is 7.58. The van der Waals surface area contributed by atoms with E-state index in [1.165, 1.54) is 44.9 Å². The van der Waals surface area contributed by atoms with Crippen LogP contribution in [0.15, 0.2) is 23.2 Å². The van der Waals surface area contributed by atoms with Crippen LogP contribution in [0.4, 0.5) is 5.69 Å². The predicted molar refractivity (Wildman–Crippen MR) is 116 cm³/mol. The average molecular weight is 386 g/mol. The second-order valence-corrected chi connectivity index (χ2v) is 7.45. The van der Waals surface area contributed by atoms with Crippen molar-refractivity contribution in [1.82, 2.24) is 9.78 Å². The lowest BCUT2D eigenvalue weighted by Crippen LogP contribution is -1.97. The predicted octanol–water partition coefficient (Wildman–Crippen LogP) is 6.01. The first kappa shape index (κ1) is 22.0. The summed E-state index contributed by atoms with van der Waals surface area (Å²) in [6.07, 6.45) is 11.9. The van der Waals surface area contributed by atoms with Crippen LogP contribution in [0.25, 0.3) is 0 Å². The molecule has 1 aromatic carbocycles. The number of aromatic nitrogens is 2. The van der Waals surface area contributed by atoms with Crippen molar-refractivity contribution in [3.8, 4) is 11.5 Å². The van der Waals surface area contributed by atoms with Gasteiger partial charge in [-0.3, -0.25) is 9.67 Å². The number of hydrogen-bond donors (Lipinski definition) is 1. The maximum absolute atomic E-state index is 10.3. The van der Waals surface area contributed by atoms with Gasteiger partial charge in [0.1, 0.15) is 17.2 Å². The van der Waals surface area contributed by atoms with Crippen LogP contribution in [-0.2, 0) is 7.05 Å². The Morgan fingerprint density at radius 1 is 1.07 bits per heavy atom. The van der Waals surface area contributed by atoms with Gasteiger partial charge in [-0.05, 0) is 32.4 Å². The summed E-state index contributed by atoms with van der Waals surface area (Å²) in [4.78, 5) is 4.50. The fourth-order valence-electron chi connectivity index (χ4n) is 3.23. The van der Waals surface area contributed by atoms with E-state index in [1.807, 2.05) is 37.7 Å². The second kappa shape index (κ2) is 11.5. The fourth-order valence-corrected chi connectivity index (χ4v) is 3.23. The maximum Gasteiger partial charge on any atom is 0.128 e. The number of phenols is 1. The van der Waals surface area contributed by atoms with Gasteiger partial charge in [-0.2, -0.15) is 5.10 Å². The van der Waals surface area contributed by atoms with Crippen LogP contribution in [0.3, 0.4) is 0 Å². The molecule has 0 bridgehead atoms. The van der Waals surface area contributed by atoms with E-state index in [1.54, 1.807) is 12.3 Å². The Bertz CT molecular complexity index is 765. The topological polar surface area (TPSA) is 59.6 Å². The third-order valence-corrected chi connectivity index (χ3v) is 5.07. The molecule has 0 fully saturated rings. The molecule has 5 heteroatoms. The number of benzene rings is 1. The summed E-state index contributed by atoms with van der Waals surface area (Å²) in [6, 6.07) is 5.38. The Morgan fingerprint density at radius 3 is 2.36 bits per heavy atom. The molecule has 0 saturated heterocycles. The molecule has 0 amide bonds. The number of hydrogen-bond acceptors (Lipinski definition) is 4. The van der Waals surface area contributed by atoms with Crippen molar-refractivity contribution in [3.05, 3.63) is 35.2 Å². The van der Waals surface area contributed by atoms with E-state index < -0.39 is 0 Å². The van der Waals surface area contributed by atoms with Crippen LogP contribution in [0.1, 0.15) is 75.2 Å². The van der Waals surface area contributed by atoms with Crippen LogP contribution in [0, 0.1) is 13.8 Å². The van der Waals surface area contributed by atoms with Gasteiger partial charge in [-0.15, -0.1) is 0 Å². The first-order valence-electron chi connectivity index (χ1n) is 10.5. The zero-order valence-electron chi connectivity index (χ0n) is 17.9. The van der Waals surface area contributed by atoms with Crippen LogP contribution >= 0.6 is 0 Å². The van der Waals surface area contributed by atoms with E-state index in [0.29, 0.717) is 17.9 Å². The van der Waals surface area contributed by atoms with Gasteiger partial charge in [0, 0.05) is 24.9 Å². The lowest BCUT2D eigenvalue weighted by Gasteiger charge is -2.08. The van der Waals surface area contributed by atoms with Crippen molar-refractivity contribution in [2.75, 3.05) is 6.61 Å². The number of ether oxygens (including phenoxy) is 1. The van der Waals surface area contributed by atoms with Crippen molar-refractivity contribution in [1.29, 1.82) is 0 Å². The van der Waals surface area contributed by atoms with Gasteiger partial charge in [0.25, 0.3) is 0 Å². The molecule has 0 spiro atoms. The summed E-state index contributed by atoms with van der Waals surface area (Å²) in [5, 5.41) is 14.6. The maximum atomic E-state index is 10.3. The van der Waals surface area contributed by atoms with Gasteiger partial charge >= 0.3 is 0 Å². The molecule has 0 saturated carbocycles. The van der Waals surface area contributed by atoms with Gasteiger partial charge in [0.15, 0.2) is 0 Å². The summed E-state index contributed by atoms with van der Waals surface area (Å²) >= 11 is 0. The number of rotatable bonds is 12. The van der Waals surface area contributed by atoms with Gasteiger partial charge in [-0.25, -0.2) is 0 Å². The molecule has 0 unspecified atom stereocenters. The summed E-state index contributed by atoms with van der Waals surface area (Å²) in [7, 11) is 1.90.